The van der Waals surface area contributed by atoms with Gasteiger partial charge in [0.2, 0.25) is 0 Å². The zero-order valence-corrected chi connectivity index (χ0v) is 16.6. The quantitative estimate of drug-likeness (QED) is 0.794. The van der Waals surface area contributed by atoms with Crippen LogP contribution in [0, 0.1) is 6.92 Å². The number of benzene rings is 2. The number of nitrogens with zero attached hydrogens (tertiary/aromatic N) is 1. The lowest BCUT2D eigenvalue weighted by molar-refractivity contribution is -0.930. The zero-order valence-electron chi connectivity index (χ0n) is 16.6. The van der Waals surface area contributed by atoms with Crippen molar-refractivity contribution in [2.75, 3.05) is 45.3 Å². The molecule has 1 saturated heterocycles. The molecule has 1 fully saturated rings. The van der Waals surface area contributed by atoms with Crippen molar-refractivity contribution in [1.29, 1.82) is 0 Å². The van der Waals surface area contributed by atoms with E-state index in [1.54, 1.807) is 19.1 Å². The third kappa shape index (κ3) is 4.08. The van der Waals surface area contributed by atoms with Crippen LogP contribution in [0.2, 0.25) is 0 Å². The first-order valence-electron chi connectivity index (χ1n) is 9.44. The normalized spacial score (nSPS) is 16.1. The Balaban J connectivity index is 1.68. The highest BCUT2D eigenvalue weighted by Crippen LogP contribution is 2.28. The molecule has 0 saturated carbocycles. The first-order chi connectivity index (χ1) is 13.1. The van der Waals surface area contributed by atoms with Gasteiger partial charge in [-0.05, 0) is 49.7 Å². The van der Waals surface area contributed by atoms with Crippen LogP contribution in [0.4, 0.5) is 5.69 Å². The Morgan fingerprint density at radius 2 is 1.81 bits per heavy atom. The number of methoxy groups -OCH3 is 2. The highest BCUT2D eigenvalue weighted by Gasteiger charge is 2.27. The molecule has 5 nitrogen and oxygen atoms in total. The van der Waals surface area contributed by atoms with Crippen LogP contribution in [-0.4, -0.2) is 46.7 Å². The molecule has 2 aromatic rings. The Kier molecular flexibility index (Phi) is 6.01. The number of ether oxygens (including phenoxy) is 2. The minimum absolute atomic E-state index is 0.354. The summed E-state index contributed by atoms with van der Waals surface area (Å²) >= 11 is 0. The van der Waals surface area contributed by atoms with Crippen molar-refractivity contribution in [2.24, 2.45) is 0 Å². The average molecular weight is 369 g/mol. The van der Waals surface area contributed by atoms with E-state index in [1.807, 2.05) is 25.1 Å². The summed E-state index contributed by atoms with van der Waals surface area (Å²) in [6, 6.07) is 12.5. The average Bonchev–Trinajstić information content (AvgIpc) is 2.72. The maximum atomic E-state index is 11.0. The fourth-order valence-electron chi connectivity index (χ4n) is 3.87. The molecule has 2 aromatic carbocycles. The Morgan fingerprint density at radius 3 is 2.41 bits per heavy atom. The molecule has 0 bridgehead atoms. The van der Waals surface area contributed by atoms with Gasteiger partial charge in [0.05, 0.1) is 46.0 Å². The zero-order chi connectivity index (χ0) is 19.4. The molecular formula is C22H29N2O3+. The molecule has 5 heteroatoms. The van der Waals surface area contributed by atoms with E-state index in [4.69, 9.17) is 9.47 Å². The van der Waals surface area contributed by atoms with E-state index in [0.717, 1.165) is 55.1 Å². The number of hydrogen-bond acceptors (Lipinski definition) is 4. The van der Waals surface area contributed by atoms with E-state index in [1.165, 1.54) is 11.3 Å². The molecule has 0 aliphatic carbocycles. The molecular weight excluding hydrogens is 340 g/mol. The van der Waals surface area contributed by atoms with Gasteiger partial charge in [0.25, 0.3) is 0 Å². The fraction of sp³-hybridized carbons (Fsp3) is 0.409. The number of quaternary nitrogens is 1. The van der Waals surface area contributed by atoms with Gasteiger partial charge in [-0.25, -0.2) is 0 Å². The number of carbonyl (C=O) groups excluding carboxylic acids is 1. The molecule has 27 heavy (non-hydrogen) atoms. The molecule has 1 N–H and O–H groups in total. The van der Waals surface area contributed by atoms with Gasteiger partial charge in [-0.3, -0.25) is 4.79 Å². The highest BCUT2D eigenvalue weighted by atomic mass is 16.5. The fourth-order valence-corrected chi connectivity index (χ4v) is 3.87. The Labute approximate surface area is 161 Å². The van der Waals surface area contributed by atoms with E-state index in [-0.39, 0.29) is 0 Å². The van der Waals surface area contributed by atoms with Gasteiger partial charge in [-0.15, -0.1) is 0 Å². The van der Waals surface area contributed by atoms with Crippen LogP contribution in [0.3, 0.4) is 0 Å². The van der Waals surface area contributed by atoms with Crippen LogP contribution in [0.25, 0.3) is 0 Å². The van der Waals surface area contributed by atoms with E-state index < -0.39 is 0 Å². The molecule has 144 valence electrons. The summed E-state index contributed by atoms with van der Waals surface area (Å²) < 4.78 is 10.9. The molecule has 1 heterocycles. The molecule has 0 unspecified atom stereocenters. The maximum absolute atomic E-state index is 11.0. The van der Waals surface area contributed by atoms with E-state index in [2.05, 4.69) is 30.0 Å². The van der Waals surface area contributed by atoms with Gasteiger partial charge >= 0.3 is 0 Å². The van der Waals surface area contributed by atoms with Crippen molar-refractivity contribution in [2.45, 2.75) is 19.9 Å². The standard InChI is InChI=1S/C22H28N2O3/c1-16-13-19(6-5-18(16)15-25)24-11-9-23(10-12-24)17(2)21-8-7-20(26-3)14-22(21)27-4/h5-8,13-15,17H,9-12H2,1-4H3/p+1/t17-/m1/s1. The Hall–Kier alpha value is -2.53. The van der Waals surface area contributed by atoms with E-state index >= 15 is 0 Å². The summed E-state index contributed by atoms with van der Waals surface area (Å²) in [6.45, 7) is 8.37. The van der Waals surface area contributed by atoms with Crippen LogP contribution >= 0.6 is 0 Å². The lowest BCUT2D eigenvalue weighted by Crippen LogP contribution is -3.14. The molecule has 0 radical (unpaired) electrons. The van der Waals surface area contributed by atoms with E-state index in [9.17, 15) is 4.79 Å². The largest absolute Gasteiger partial charge is 0.497 e. The van der Waals surface area contributed by atoms with Gasteiger partial charge in [0.15, 0.2) is 0 Å². The van der Waals surface area contributed by atoms with Gasteiger partial charge in [0, 0.05) is 17.3 Å². The van der Waals surface area contributed by atoms with Gasteiger partial charge in [-0.1, -0.05) is 0 Å². The minimum atomic E-state index is 0.354. The van der Waals surface area contributed by atoms with Crippen LogP contribution in [0.5, 0.6) is 11.5 Å². The van der Waals surface area contributed by atoms with Crippen molar-refractivity contribution in [1.82, 2.24) is 0 Å². The molecule has 1 atom stereocenters. The van der Waals surface area contributed by atoms with Crippen LogP contribution < -0.4 is 19.3 Å². The van der Waals surface area contributed by atoms with Crippen LogP contribution in [-0.2, 0) is 0 Å². The van der Waals surface area contributed by atoms with Crippen LogP contribution in [0.15, 0.2) is 36.4 Å². The molecule has 0 aromatic heterocycles. The number of aryl methyl sites for hydroxylation is 1. The molecule has 0 spiro atoms. The van der Waals surface area contributed by atoms with Crippen molar-refractivity contribution < 1.29 is 19.2 Å². The maximum Gasteiger partial charge on any atom is 0.150 e. The number of carbonyl (C=O) groups is 1. The summed E-state index contributed by atoms with van der Waals surface area (Å²) in [4.78, 5) is 15.0. The highest BCUT2D eigenvalue weighted by molar-refractivity contribution is 5.78. The summed E-state index contributed by atoms with van der Waals surface area (Å²) in [7, 11) is 3.38. The molecule has 1 aliphatic heterocycles. The molecule has 1 aliphatic rings. The number of hydrogen-bond donors (Lipinski definition) is 1. The van der Waals surface area contributed by atoms with Crippen molar-refractivity contribution in [3.05, 3.63) is 53.1 Å². The lowest BCUT2D eigenvalue weighted by atomic mass is 10.0. The molecule has 3 rings (SSSR count). The summed E-state index contributed by atoms with van der Waals surface area (Å²) in [5.41, 5.74) is 4.22. The van der Waals surface area contributed by atoms with Gasteiger partial charge in [-0.2, -0.15) is 0 Å². The second-order valence-electron chi connectivity index (χ2n) is 7.13. The topological polar surface area (TPSA) is 43.2 Å². The van der Waals surface area contributed by atoms with Gasteiger partial charge < -0.3 is 19.3 Å². The van der Waals surface area contributed by atoms with Crippen molar-refractivity contribution >= 4 is 12.0 Å². The lowest BCUT2D eigenvalue weighted by Gasteiger charge is -2.37. The SMILES string of the molecule is COc1ccc([C@@H](C)[NH+]2CCN(c3ccc(C=O)c(C)c3)CC2)c(OC)c1. The number of piperazine rings is 1. The predicted octanol–water partition coefficient (Wildman–Crippen LogP) is 2.29. The number of anilines is 1. The monoisotopic (exact) mass is 369 g/mol. The minimum Gasteiger partial charge on any atom is -0.497 e. The number of rotatable bonds is 6. The number of nitrogens with one attached hydrogen (secondary N) is 1. The van der Waals surface area contributed by atoms with Crippen LogP contribution in [0.1, 0.15) is 34.5 Å². The predicted molar refractivity (Wildman–Crippen MR) is 107 cm³/mol. The summed E-state index contributed by atoms with van der Waals surface area (Å²) in [6.07, 6.45) is 0.922. The van der Waals surface area contributed by atoms with E-state index in [0.29, 0.717) is 6.04 Å². The second kappa shape index (κ2) is 8.44. The van der Waals surface area contributed by atoms with Crippen molar-refractivity contribution in [3.8, 4) is 11.5 Å². The second-order valence-corrected chi connectivity index (χ2v) is 7.13. The van der Waals surface area contributed by atoms with Crippen molar-refractivity contribution in [3.63, 3.8) is 0 Å². The third-order valence-corrected chi connectivity index (χ3v) is 5.67. The smallest absolute Gasteiger partial charge is 0.150 e. The molecule has 0 amide bonds. The third-order valence-electron chi connectivity index (χ3n) is 5.67. The first-order valence-corrected chi connectivity index (χ1v) is 9.44. The first kappa shape index (κ1) is 19.2. The Bertz CT molecular complexity index is 798. The Morgan fingerprint density at radius 1 is 1.07 bits per heavy atom. The summed E-state index contributed by atoms with van der Waals surface area (Å²) in [5.74, 6) is 1.70. The van der Waals surface area contributed by atoms with Gasteiger partial charge in [0.1, 0.15) is 23.8 Å². The summed E-state index contributed by atoms with van der Waals surface area (Å²) in [5, 5.41) is 0. The number of aldehydes is 1.